The molecule has 0 spiro atoms. The van der Waals surface area contributed by atoms with Crippen LogP contribution >= 0.6 is 0 Å². The molecular weight excluding hydrogens is 254 g/mol. The summed E-state index contributed by atoms with van der Waals surface area (Å²) >= 11 is 0. The highest BCUT2D eigenvalue weighted by molar-refractivity contribution is 5.83. The lowest BCUT2D eigenvalue weighted by atomic mass is 9.95. The van der Waals surface area contributed by atoms with Crippen LogP contribution in [0.3, 0.4) is 0 Å². The standard InChI is InChI=1S/C15H19N3O2/c19-14-6-5-12(9-17-14)18-15(20)13-7-10-3-1-2-4-11(10)8-16-13/h1-4,12-13,16H,5-9H2,(H,17,19)(H,18,20). The van der Waals surface area contributed by atoms with Gasteiger partial charge in [0.2, 0.25) is 11.8 Å². The van der Waals surface area contributed by atoms with Gasteiger partial charge in [0.1, 0.15) is 0 Å². The molecule has 1 aromatic rings. The fraction of sp³-hybridized carbons (Fsp3) is 0.467. The molecule has 3 N–H and O–H groups in total. The van der Waals surface area contributed by atoms with Gasteiger partial charge in [-0.1, -0.05) is 24.3 Å². The number of fused-ring (bicyclic) bond motifs is 1. The highest BCUT2D eigenvalue weighted by Crippen LogP contribution is 2.16. The van der Waals surface area contributed by atoms with Crippen LogP contribution in [0.4, 0.5) is 0 Å². The number of benzene rings is 1. The van der Waals surface area contributed by atoms with E-state index >= 15 is 0 Å². The molecule has 0 bridgehead atoms. The Balaban J connectivity index is 1.57. The van der Waals surface area contributed by atoms with Crippen molar-refractivity contribution in [2.24, 2.45) is 0 Å². The predicted molar refractivity (Wildman–Crippen MR) is 74.9 cm³/mol. The summed E-state index contributed by atoms with van der Waals surface area (Å²) in [7, 11) is 0. The van der Waals surface area contributed by atoms with Gasteiger partial charge in [0.25, 0.3) is 0 Å². The molecule has 2 aliphatic rings. The minimum Gasteiger partial charge on any atom is -0.354 e. The first-order valence-electron chi connectivity index (χ1n) is 7.09. The predicted octanol–water partition coefficient (Wildman–Crippen LogP) is 0.0957. The summed E-state index contributed by atoms with van der Waals surface area (Å²) in [5.41, 5.74) is 2.50. The van der Waals surface area contributed by atoms with E-state index in [2.05, 4.69) is 28.1 Å². The molecule has 0 aromatic heterocycles. The summed E-state index contributed by atoms with van der Waals surface area (Å²) in [5.74, 6) is 0.0980. The van der Waals surface area contributed by atoms with Crippen molar-refractivity contribution in [3.05, 3.63) is 35.4 Å². The number of hydrogen-bond donors (Lipinski definition) is 3. The van der Waals surface area contributed by atoms with E-state index in [0.717, 1.165) is 19.4 Å². The van der Waals surface area contributed by atoms with Gasteiger partial charge in [-0.3, -0.25) is 9.59 Å². The van der Waals surface area contributed by atoms with Crippen LogP contribution in [-0.4, -0.2) is 30.4 Å². The zero-order valence-electron chi connectivity index (χ0n) is 11.3. The molecule has 2 aliphatic heterocycles. The number of piperidine rings is 1. The van der Waals surface area contributed by atoms with Crippen molar-refractivity contribution in [3.63, 3.8) is 0 Å². The molecule has 2 atom stereocenters. The number of amides is 2. The lowest BCUT2D eigenvalue weighted by Gasteiger charge is -2.29. The second-order valence-electron chi connectivity index (χ2n) is 5.45. The van der Waals surface area contributed by atoms with Gasteiger partial charge in [-0.05, 0) is 24.0 Å². The Morgan fingerprint density at radius 3 is 2.80 bits per heavy atom. The number of nitrogens with one attached hydrogen (secondary N) is 3. The van der Waals surface area contributed by atoms with Crippen LogP contribution in [0.5, 0.6) is 0 Å². The minimum absolute atomic E-state index is 0.0284. The fourth-order valence-corrected chi connectivity index (χ4v) is 2.80. The molecule has 3 rings (SSSR count). The monoisotopic (exact) mass is 273 g/mol. The summed E-state index contributed by atoms with van der Waals surface area (Å²) in [6, 6.07) is 8.08. The quantitative estimate of drug-likeness (QED) is 0.715. The van der Waals surface area contributed by atoms with E-state index < -0.39 is 0 Å². The van der Waals surface area contributed by atoms with Crippen molar-refractivity contribution in [2.75, 3.05) is 6.54 Å². The molecule has 1 saturated heterocycles. The van der Waals surface area contributed by atoms with Crippen LogP contribution in [0.15, 0.2) is 24.3 Å². The highest BCUT2D eigenvalue weighted by atomic mass is 16.2. The third-order valence-corrected chi connectivity index (χ3v) is 4.01. The maximum absolute atomic E-state index is 12.3. The first kappa shape index (κ1) is 13.1. The summed E-state index contributed by atoms with van der Waals surface area (Å²) in [4.78, 5) is 23.4. The number of carbonyl (C=O) groups excluding carboxylic acids is 2. The Labute approximate surface area is 118 Å². The number of carbonyl (C=O) groups is 2. The molecule has 2 heterocycles. The van der Waals surface area contributed by atoms with Crippen LogP contribution < -0.4 is 16.0 Å². The van der Waals surface area contributed by atoms with E-state index in [0.29, 0.717) is 13.0 Å². The van der Waals surface area contributed by atoms with Gasteiger partial charge in [-0.25, -0.2) is 0 Å². The normalized spacial score (nSPS) is 25.5. The molecule has 0 saturated carbocycles. The topological polar surface area (TPSA) is 70.2 Å². The molecular formula is C15H19N3O2. The molecule has 20 heavy (non-hydrogen) atoms. The number of rotatable bonds is 2. The van der Waals surface area contributed by atoms with E-state index in [1.807, 2.05) is 12.1 Å². The maximum Gasteiger partial charge on any atom is 0.237 e. The van der Waals surface area contributed by atoms with E-state index in [-0.39, 0.29) is 23.9 Å². The molecule has 2 amide bonds. The number of hydrogen-bond acceptors (Lipinski definition) is 3. The lowest BCUT2D eigenvalue weighted by molar-refractivity contribution is -0.126. The lowest BCUT2D eigenvalue weighted by Crippen LogP contribution is -2.54. The van der Waals surface area contributed by atoms with Gasteiger partial charge in [0.05, 0.1) is 6.04 Å². The molecule has 5 nitrogen and oxygen atoms in total. The van der Waals surface area contributed by atoms with Gasteiger partial charge in [0, 0.05) is 25.6 Å². The van der Waals surface area contributed by atoms with Crippen molar-refractivity contribution in [1.82, 2.24) is 16.0 Å². The second kappa shape index (κ2) is 5.63. The van der Waals surface area contributed by atoms with E-state index in [4.69, 9.17) is 0 Å². The second-order valence-corrected chi connectivity index (χ2v) is 5.45. The van der Waals surface area contributed by atoms with Crippen molar-refractivity contribution in [2.45, 2.75) is 37.9 Å². The zero-order valence-corrected chi connectivity index (χ0v) is 11.3. The zero-order chi connectivity index (χ0) is 13.9. The van der Waals surface area contributed by atoms with E-state index in [1.165, 1.54) is 11.1 Å². The van der Waals surface area contributed by atoms with E-state index in [1.54, 1.807) is 0 Å². The summed E-state index contributed by atoms with van der Waals surface area (Å²) in [6.45, 7) is 1.27. The van der Waals surface area contributed by atoms with Gasteiger partial charge >= 0.3 is 0 Å². The van der Waals surface area contributed by atoms with Crippen molar-refractivity contribution < 1.29 is 9.59 Å². The third-order valence-electron chi connectivity index (χ3n) is 4.01. The summed E-state index contributed by atoms with van der Waals surface area (Å²) in [5, 5.41) is 9.08. The van der Waals surface area contributed by atoms with Crippen LogP contribution in [-0.2, 0) is 22.6 Å². The average Bonchev–Trinajstić information content (AvgIpc) is 2.49. The molecule has 2 unspecified atom stereocenters. The Morgan fingerprint density at radius 2 is 2.05 bits per heavy atom. The van der Waals surface area contributed by atoms with Gasteiger partial charge < -0.3 is 16.0 Å². The Bertz CT molecular complexity index is 520. The van der Waals surface area contributed by atoms with Gasteiger partial charge in [-0.15, -0.1) is 0 Å². The molecule has 1 fully saturated rings. The molecule has 106 valence electrons. The van der Waals surface area contributed by atoms with Crippen molar-refractivity contribution in [1.29, 1.82) is 0 Å². The van der Waals surface area contributed by atoms with Crippen LogP contribution in [0.1, 0.15) is 24.0 Å². The minimum atomic E-state index is -0.178. The summed E-state index contributed by atoms with van der Waals surface area (Å²) in [6.07, 6.45) is 1.94. The Hall–Kier alpha value is -1.88. The maximum atomic E-state index is 12.3. The van der Waals surface area contributed by atoms with Crippen molar-refractivity contribution >= 4 is 11.8 Å². The SMILES string of the molecule is O=C1CCC(NC(=O)C2Cc3ccccc3CN2)CN1. The van der Waals surface area contributed by atoms with Crippen LogP contribution in [0.25, 0.3) is 0 Å². The molecule has 0 radical (unpaired) electrons. The summed E-state index contributed by atoms with van der Waals surface area (Å²) < 4.78 is 0. The molecule has 5 heteroatoms. The molecule has 0 aliphatic carbocycles. The van der Waals surface area contributed by atoms with Crippen LogP contribution in [0.2, 0.25) is 0 Å². The van der Waals surface area contributed by atoms with Crippen molar-refractivity contribution in [3.8, 4) is 0 Å². The fourth-order valence-electron chi connectivity index (χ4n) is 2.80. The smallest absolute Gasteiger partial charge is 0.237 e. The first-order chi connectivity index (χ1) is 9.72. The van der Waals surface area contributed by atoms with E-state index in [9.17, 15) is 9.59 Å². The first-order valence-corrected chi connectivity index (χ1v) is 7.09. The Kier molecular flexibility index (Phi) is 3.69. The average molecular weight is 273 g/mol. The Morgan fingerprint density at radius 1 is 1.25 bits per heavy atom. The van der Waals surface area contributed by atoms with Gasteiger partial charge in [-0.2, -0.15) is 0 Å². The molecule has 1 aromatic carbocycles. The van der Waals surface area contributed by atoms with Crippen LogP contribution in [0, 0.1) is 0 Å². The van der Waals surface area contributed by atoms with Gasteiger partial charge in [0.15, 0.2) is 0 Å². The largest absolute Gasteiger partial charge is 0.354 e. The third kappa shape index (κ3) is 2.82. The highest BCUT2D eigenvalue weighted by Gasteiger charge is 2.27.